The zero-order chi connectivity index (χ0) is 17.9. The Bertz CT molecular complexity index is 951. The summed E-state index contributed by atoms with van der Waals surface area (Å²) in [6.45, 7) is 1.15. The van der Waals surface area contributed by atoms with Crippen LogP contribution in [0.3, 0.4) is 0 Å². The van der Waals surface area contributed by atoms with Gasteiger partial charge in [0.25, 0.3) is 0 Å². The molecule has 4 N–H and O–H groups in total. The second kappa shape index (κ2) is 5.19. The second-order valence-corrected chi connectivity index (χ2v) is 6.85. The minimum absolute atomic E-state index is 0.0271. The Labute approximate surface area is 142 Å². The maximum atomic E-state index is 14.9. The quantitative estimate of drug-likeness (QED) is 0.772. The minimum atomic E-state index is -1.37. The number of methoxy groups -OCH3 is 1. The molecule has 1 aromatic carbocycles. The van der Waals surface area contributed by atoms with Crippen LogP contribution in [-0.4, -0.2) is 42.3 Å². The molecule has 1 aliphatic carbocycles. The first kappa shape index (κ1) is 15.9. The lowest BCUT2D eigenvalue weighted by Crippen LogP contribution is -2.30. The number of hydrogen-bond acceptors (Lipinski definition) is 5. The van der Waals surface area contributed by atoms with Gasteiger partial charge in [0.05, 0.1) is 18.0 Å². The number of fused-ring (bicyclic) bond motifs is 1. The highest BCUT2D eigenvalue weighted by Gasteiger charge is 2.54. The van der Waals surface area contributed by atoms with Crippen molar-refractivity contribution in [3.05, 3.63) is 33.9 Å². The van der Waals surface area contributed by atoms with Crippen LogP contribution in [0.5, 0.6) is 5.75 Å². The molecule has 1 saturated carbocycles. The molecule has 8 heteroatoms. The van der Waals surface area contributed by atoms with E-state index in [-0.39, 0.29) is 33.8 Å². The smallest absolute Gasteiger partial charge is 0.341 e. The molecule has 2 fully saturated rings. The summed E-state index contributed by atoms with van der Waals surface area (Å²) in [6.07, 6.45) is 3.16. The van der Waals surface area contributed by atoms with Crippen molar-refractivity contribution in [1.29, 1.82) is 0 Å². The molecule has 2 aromatic rings. The number of nitrogens with zero attached hydrogens (tertiary/aromatic N) is 1. The number of H-pyrrole nitrogens is 1. The van der Waals surface area contributed by atoms with E-state index in [4.69, 9.17) is 15.6 Å². The van der Waals surface area contributed by atoms with Crippen LogP contribution in [0, 0.1) is 11.2 Å². The summed E-state index contributed by atoms with van der Waals surface area (Å²) in [5.41, 5.74) is 5.60. The number of benzene rings is 1. The number of pyridine rings is 1. The van der Waals surface area contributed by atoms with Gasteiger partial charge >= 0.3 is 5.97 Å². The number of rotatable bonds is 3. The standard InChI is InChI=1S/C17H18FN3O4/c1-25-15-12-8(14(22)9(5-20-12)16(23)24)4-10(18)13(15)21-6-11(19)17(7-21)2-3-17/h4-5,11H,2-3,6-7,19H2,1H3,(H,20,22)(H,23,24). The molecule has 7 nitrogen and oxygen atoms in total. The molecular weight excluding hydrogens is 329 g/mol. The molecule has 1 spiro atoms. The van der Waals surface area contributed by atoms with Crippen LogP contribution >= 0.6 is 0 Å². The molecule has 2 heterocycles. The summed E-state index contributed by atoms with van der Waals surface area (Å²) >= 11 is 0. The van der Waals surface area contributed by atoms with Gasteiger partial charge in [-0.3, -0.25) is 4.79 Å². The first-order chi connectivity index (χ1) is 11.9. The van der Waals surface area contributed by atoms with Gasteiger partial charge in [-0.05, 0) is 18.9 Å². The lowest BCUT2D eigenvalue weighted by molar-refractivity contribution is 0.0695. The number of hydrogen-bond donors (Lipinski definition) is 3. The van der Waals surface area contributed by atoms with E-state index in [1.807, 2.05) is 4.90 Å². The van der Waals surface area contributed by atoms with Gasteiger partial charge in [0.1, 0.15) is 11.3 Å². The zero-order valence-electron chi connectivity index (χ0n) is 13.6. The average Bonchev–Trinajstić information content (AvgIpc) is 3.27. The van der Waals surface area contributed by atoms with Crippen molar-refractivity contribution in [3.63, 3.8) is 0 Å². The van der Waals surface area contributed by atoms with Crippen LogP contribution in [0.2, 0.25) is 0 Å². The number of aromatic amines is 1. The second-order valence-electron chi connectivity index (χ2n) is 6.85. The van der Waals surface area contributed by atoms with Crippen LogP contribution in [0.15, 0.2) is 17.1 Å². The number of anilines is 1. The molecular formula is C17H18FN3O4. The number of nitrogens with two attached hydrogens (primary N) is 1. The van der Waals surface area contributed by atoms with E-state index in [0.717, 1.165) is 25.1 Å². The Kier molecular flexibility index (Phi) is 3.30. The van der Waals surface area contributed by atoms with Crippen LogP contribution in [0.4, 0.5) is 10.1 Å². The summed E-state index contributed by atoms with van der Waals surface area (Å²) in [5, 5.41) is 9.02. The van der Waals surface area contributed by atoms with Crippen molar-refractivity contribution in [2.45, 2.75) is 18.9 Å². The lowest BCUT2D eigenvalue weighted by Gasteiger charge is -2.23. The average molecular weight is 347 g/mol. The van der Waals surface area contributed by atoms with E-state index < -0.39 is 22.8 Å². The minimum Gasteiger partial charge on any atom is -0.492 e. The number of carbonyl (C=O) groups is 1. The van der Waals surface area contributed by atoms with E-state index in [1.54, 1.807) is 0 Å². The van der Waals surface area contributed by atoms with Crippen LogP contribution in [0.25, 0.3) is 10.9 Å². The van der Waals surface area contributed by atoms with Crippen molar-refractivity contribution in [2.24, 2.45) is 11.1 Å². The van der Waals surface area contributed by atoms with E-state index in [1.165, 1.54) is 7.11 Å². The van der Waals surface area contributed by atoms with Gasteiger partial charge in [-0.15, -0.1) is 0 Å². The molecule has 132 valence electrons. The predicted molar refractivity (Wildman–Crippen MR) is 89.9 cm³/mol. The highest BCUT2D eigenvalue weighted by atomic mass is 19.1. The highest BCUT2D eigenvalue weighted by molar-refractivity contribution is 5.96. The number of aromatic nitrogens is 1. The predicted octanol–water partition coefficient (Wildman–Crippen LogP) is 1.30. The molecule has 1 atom stereocenters. The summed E-state index contributed by atoms with van der Waals surface area (Å²) in [4.78, 5) is 28.1. The molecule has 4 rings (SSSR count). The van der Waals surface area contributed by atoms with Crippen LogP contribution < -0.4 is 20.8 Å². The number of aromatic carboxylic acids is 1. The topological polar surface area (TPSA) is 109 Å². The number of carboxylic acid groups (broad SMARTS) is 1. The van der Waals surface area contributed by atoms with E-state index in [0.29, 0.717) is 13.1 Å². The third-order valence-corrected chi connectivity index (χ3v) is 5.41. The summed E-state index contributed by atoms with van der Waals surface area (Å²) in [7, 11) is 1.39. The third kappa shape index (κ3) is 2.21. The number of carboxylic acids is 1. The van der Waals surface area contributed by atoms with Gasteiger partial charge in [0.2, 0.25) is 5.43 Å². The van der Waals surface area contributed by atoms with Gasteiger partial charge in [-0.1, -0.05) is 0 Å². The fourth-order valence-electron chi connectivity index (χ4n) is 3.80. The van der Waals surface area contributed by atoms with E-state index in [2.05, 4.69) is 4.98 Å². The first-order valence-corrected chi connectivity index (χ1v) is 8.03. The summed E-state index contributed by atoms with van der Waals surface area (Å²) in [6, 6.07) is 1.04. The van der Waals surface area contributed by atoms with Crippen molar-refractivity contribution in [1.82, 2.24) is 4.98 Å². The monoisotopic (exact) mass is 347 g/mol. The molecule has 1 unspecified atom stereocenters. The molecule has 0 bridgehead atoms. The largest absolute Gasteiger partial charge is 0.492 e. The summed E-state index contributed by atoms with van der Waals surface area (Å²) in [5.74, 6) is -1.80. The molecule has 25 heavy (non-hydrogen) atoms. The Morgan fingerprint density at radius 2 is 2.24 bits per heavy atom. The molecule has 0 radical (unpaired) electrons. The fraction of sp³-hybridized carbons (Fsp3) is 0.412. The first-order valence-electron chi connectivity index (χ1n) is 8.03. The molecule has 1 aromatic heterocycles. The Morgan fingerprint density at radius 1 is 1.52 bits per heavy atom. The number of nitrogens with one attached hydrogen (secondary N) is 1. The number of halogens is 1. The number of ether oxygens (including phenoxy) is 1. The van der Waals surface area contributed by atoms with Gasteiger partial charge < -0.3 is 25.5 Å². The van der Waals surface area contributed by atoms with Crippen molar-refractivity contribution >= 4 is 22.6 Å². The van der Waals surface area contributed by atoms with E-state index >= 15 is 0 Å². The lowest BCUT2D eigenvalue weighted by atomic mass is 10.0. The Balaban J connectivity index is 1.91. The van der Waals surface area contributed by atoms with Crippen molar-refractivity contribution in [3.8, 4) is 5.75 Å². The summed E-state index contributed by atoms with van der Waals surface area (Å²) < 4.78 is 20.3. The molecule has 2 aliphatic rings. The van der Waals surface area contributed by atoms with Gasteiger partial charge in [-0.25, -0.2) is 9.18 Å². The van der Waals surface area contributed by atoms with Gasteiger partial charge in [0, 0.05) is 30.7 Å². The van der Waals surface area contributed by atoms with Gasteiger partial charge in [-0.2, -0.15) is 0 Å². The van der Waals surface area contributed by atoms with Crippen molar-refractivity contribution < 1.29 is 19.0 Å². The fourth-order valence-corrected chi connectivity index (χ4v) is 3.80. The zero-order valence-corrected chi connectivity index (χ0v) is 13.6. The Hall–Kier alpha value is -2.61. The third-order valence-electron chi connectivity index (χ3n) is 5.41. The molecule has 1 aliphatic heterocycles. The Morgan fingerprint density at radius 3 is 2.80 bits per heavy atom. The normalized spacial score (nSPS) is 21.1. The van der Waals surface area contributed by atoms with Crippen LogP contribution in [0.1, 0.15) is 23.2 Å². The van der Waals surface area contributed by atoms with E-state index in [9.17, 15) is 14.0 Å². The van der Waals surface area contributed by atoms with Gasteiger partial charge in [0.15, 0.2) is 11.6 Å². The molecule has 0 amide bonds. The maximum Gasteiger partial charge on any atom is 0.341 e. The highest BCUT2D eigenvalue weighted by Crippen LogP contribution is 2.54. The molecule has 1 saturated heterocycles. The SMILES string of the molecule is COc1c(N2CC(N)C3(CC3)C2)c(F)cc2c(=O)c(C(=O)O)c[nH]c12. The maximum absolute atomic E-state index is 14.9. The van der Waals surface area contributed by atoms with Crippen LogP contribution in [-0.2, 0) is 0 Å². The van der Waals surface area contributed by atoms with Crippen molar-refractivity contribution in [2.75, 3.05) is 25.1 Å².